The number of carbonyl (C=O) groups is 1. The molecule has 0 heterocycles. The van der Waals surface area contributed by atoms with Crippen molar-refractivity contribution in [3.8, 4) is 11.5 Å². The van der Waals surface area contributed by atoms with E-state index in [4.69, 9.17) is 44.3 Å². The normalized spacial score (nSPS) is 10.5. The van der Waals surface area contributed by atoms with Crippen molar-refractivity contribution < 1.29 is 14.3 Å². The van der Waals surface area contributed by atoms with E-state index in [0.717, 1.165) is 22.5 Å². The Hall–Kier alpha value is -2.60. The van der Waals surface area contributed by atoms with E-state index in [0.29, 0.717) is 46.3 Å². The molecule has 0 fully saturated rings. The molecule has 5 nitrogen and oxygen atoms in total. The zero-order valence-corrected chi connectivity index (χ0v) is 19.9. The molecule has 3 rings (SSSR count). The number of halogens is 3. The minimum atomic E-state index is -0.109. The Morgan fingerprint density at radius 1 is 0.844 bits per heavy atom. The number of hydrogen-bond donors (Lipinski definition) is 2. The summed E-state index contributed by atoms with van der Waals surface area (Å²) in [5.41, 5.74) is 3.38. The Balaban J connectivity index is 1.70. The van der Waals surface area contributed by atoms with E-state index < -0.39 is 0 Å². The standard InChI is InChI=1S/C24H23Cl3N2O3/c1-3-31-23-11-17(13-28-18-5-7-19(8-6-18)29-15(2)30)21(26)12-24(23)32-14-16-4-9-20(25)22(27)10-16/h4-12,28H,3,13-14H2,1-2H3,(H,29,30). The van der Waals surface area contributed by atoms with Gasteiger partial charge in [0.05, 0.1) is 16.7 Å². The molecule has 2 N–H and O–H groups in total. The van der Waals surface area contributed by atoms with Gasteiger partial charge in [0.25, 0.3) is 0 Å². The third-order valence-electron chi connectivity index (χ3n) is 4.48. The van der Waals surface area contributed by atoms with Gasteiger partial charge in [-0.3, -0.25) is 4.79 Å². The Bertz CT molecular complexity index is 1090. The highest BCUT2D eigenvalue weighted by Gasteiger charge is 2.12. The van der Waals surface area contributed by atoms with Crippen LogP contribution in [0, 0.1) is 0 Å². The summed E-state index contributed by atoms with van der Waals surface area (Å²) >= 11 is 18.6. The lowest BCUT2D eigenvalue weighted by molar-refractivity contribution is -0.114. The predicted octanol–water partition coefficient (Wildman–Crippen LogP) is 7.20. The van der Waals surface area contributed by atoms with E-state index in [1.54, 1.807) is 18.2 Å². The van der Waals surface area contributed by atoms with Crippen LogP contribution in [0.5, 0.6) is 11.5 Å². The Morgan fingerprint density at radius 2 is 1.53 bits per heavy atom. The summed E-state index contributed by atoms with van der Waals surface area (Å²) in [6, 6.07) is 16.4. The van der Waals surface area contributed by atoms with E-state index in [9.17, 15) is 4.79 Å². The topological polar surface area (TPSA) is 59.6 Å². The fraction of sp³-hybridized carbons (Fsp3) is 0.208. The van der Waals surface area contributed by atoms with Crippen molar-refractivity contribution in [3.05, 3.63) is 80.8 Å². The third-order valence-corrected chi connectivity index (χ3v) is 5.57. The van der Waals surface area contributed by atoms with Crippen LogP contribution in [0.3, 0.4) is 0 Å². The quantitative estimate of drug-likeness (QED) is 0.331. The highest BCUT2D eigenvalue weighted by atomic mass is 35.5. The smallest absolute Gasteiger partial charge is 0.221 e. The molecule has 1 amide bonds. The van der Waals surface area contributed by atoms with Crippen LogP contribution in [0.15, 0.2) is 54.6 Å². The van der Waals surface area contributed by atoms with Gasteiger partial charge in [0.2, 0.25) is 5.91 Å². The molecule has 3 aromatic carbocycles. The van der Waals surface area contributed by atoms with Crippen LogP contribution < -0.4 is 20.1 Å². The largest absolute Gasteiger partial charge is 0.490 e. The minimum Gasteiger partial charge on any atom is -0.490 e. The lowest BCUT2D eigenvalue weighted by atomic mass is 10.2. The molecule has 0 atom stereocenters. The summed E-state index contributed by atoms with van der Waals surface area (Å²) in [5, 5.41) is 7.59. The van der Waals surface area contributed by atoms with E-state index in [2.05, 4.69) is 10.6 Å². The number of amides is 1. The van der Waals surface area contributed by atoms with E-state index in [-0.39, 0.29) is 5.91 Å². The zero-order chi connectivity index (χ0) is 23.1. The molecule has 0 unspecified atom stereocenters. The summed E-state index contributed by atoms with van der Waals surface area (Å²) in [6.45, 7) is 4.66. The van der Waals surface area contributed by atoms with Crippen LogP contribution in [0.1, 0.15) is 25.0 Å². The highest BCUT2D eigenvalue weighted by Crippen LogP contribution is 2.35. The van der Waals surface area contributed by atoms with Crippen LogP contribution in [-0.2, 0) is 17.9 Å². The summed E-state index contributed by atoms with van der Waals surface area (Å²) in [5.74, 6) is 1.04. The molecule has 0 aromatic heterocycles. The van der Waals surface area contributed by atoms with Crippen LogP contribution in [0.25, 0.3) is 0 Å². The molecule has 0 aliphatic rings. The number of hydrogen-bond acceptors (Lipinski definition) is 4. The number of rotatable bonds is 9. The molecule has 168 valence electrons. The second-order valence-corrected chi connectivity index (χ2v) is 8.19. The minimum absolute atomic E-state index is 0.109. The number of benzene rings is 3. The average Bonchev–Trinajstić information content (AvgIpc) is 2.76. The van der Waals surface area contributed by atoms with Gasteiger partial charge in [0, 0.05) is 35.9 Å². The SMILES string of the molecule is CCOc1cc(CNc2ccc(NC(C)=O)cc2)c(Cl)cc1OCc1ccc(Cl)c(Cl)c1. The molecule has 0 aliphatic carbocycles. The first kappa shape index (κ1) is 24.1. The number of nitrogens with one attached hydrogen (secondary N) is 2. The maximum absolute atomic E-state index is 11.1. The highest BCUT2D eigenvalue weighted by molar-refractivity contribution is 6.42. The Labute approximate surface area is 202 Å². The maximum Gasteiger partial charge on any atom is 0.221 e. The fourth-order valence-corrected chi connectivity index (χ4v) is 3.50. The third kappa shape index (κ3) is 6.70. The number of carbonyl (C=O) groups excluding carboxylic acids is 1. The van der Waals surface area contributed by atoms with Gasteiger partial charge >= 0.3 is 0 Å². The van der Waals surface area contributed by atoms with Crippen LogP contribution in [0.4, 0.5) is 11.4 Å². The molecular weight excluding hydrogens is 471 g/mol. The number of anilines is 2. The number of ether oxygens (including phenoxy) is 2. The zero-order valence-electron chi connectivity index (χ0n) is 17.7. The molecule has 8 heteroatoms. The molecular formula is C24H23Cl3N2O3. The molecule has 0 radical (unpaired) electrons. The first-order valence-electron chi connectivity index (χ1n) is 9.99. The van der Waals surface area contributed by atoms with Crippen molar-refractivity contribution in [3.63, 3.8) is 0 Å². The van der Waals surface area contributed by atoms with Crippen LogP contribution >= 0.6 is 34.8 Å². The molecule has 0 bridgehead atoms. The first-order chi connectivity index (χ1) is 15.4. The van der Waals surface area contributed by atoms with Gasteiger partial charge in [-0.15, -0.1) is 0 Å². The van der Waals surface area contributed by atoms with Crippen LogP contribution in [-0.4, -0.2) is 12.5 Å². The van der Waals surface area contributed by atoms with Crippen molar-refractivity contribution in [2.75, 3.05) is 17.2 Å². The summed E-state index contributed by atoms with van der Waals surface area (Å²) in [6.07, 6.45) is 0. The first-order valence-corrected chi connectivity index (χ1v) is 11.1. The van der Waals surface area contributed by atoms with Gasteiger partial charge in [-0.1, -0.05) is 40.9 Å². The fourth-order valence-electron chi connectivity index (χ4n) is 2.96. The predicted molar refractivity (Wildman–Crippen MR) is 131 cm³/mol. The molecule has 3 aromatic rings. The Morgan fingerprint density at radius 3 is 2.19 bits per heavy atom. The van der Waals surface area contributed by atoms with Crippen molar-refractivity contribution in [1.29, 1.82) is 0 Å². The maximum atomic E-state index is 11.1. The Kier molecular flexibility index (Phi) is 8.51. The van der Waals surface area contributed by atoms with Gasteiger partial charge in [-0.2, -0.15) is 0 Å². The van der Waals surface area contributed by atoms with E-state index in [1.165, 1.54) is 6.92 Å². The van der Waals surface area contributed by atoms with Gasteiger partial charge in [-0.25, -0.2) is 0 Å². The molecule has 0 saturated heterocycles. The van der Waals surface area contributed by atoms with Crippen molar-refractivity contribution in [2.24, 2.45) is 0 Å². The lowest BCUT2D eigenvalue weighted by Gasteiger charge is -2.16. The summed E-state index contributed by atoms with van der Waals surface area (Å²) < 4.78 is 11.7. The van der Waals surface area contributed by atoms with Crippen molar-refractivity contribution >= 4 is 52.1 Å². The average molecular weight is 494 g/mol. The van der Waals surface area contributed by atoms with Gasteiger partial charge < -0.3 is 20.1 Å². The molecule has 0 saturated carbocycles. The van der Waals surface area contributed by atoms with Crippen molar-refractivity contribution in [1.82, 2.24) is 0 Å². The molecule has 0 spiro atoms. The summed E-state index contributed by atoms with van der Waals surface area (Å²) in [7, 11) is 0. The molecule has 32 heavy (non-hydrogen) atoms. The second kappa shape index (κ2) is 11.3. The van der Waals surface area contributed by atoms with Gasteiger partial charge in [-0.05, 0) is 60.5 Å². The van der Waals surface area contributed by atoms with E-state index >= 15 is 0 Å². The summed E-state index contributed by atoms with van der Waals surface area (Å²) in [4.78, 5) is 11.1. The van der Waals surface area contributed by atoms with Gasteiger partial charge in [0.15, 0.2) is 11.5 Å². The van der Waals surface area contributed by atoms with Crippen molar-refractivity contribution in [2.45, 2.75) is 27.0 Å². The van der Waals surface area contributed by atoms with Gasteiger partial charge in [0.1, 0.15) is 6.61 Å². The molecule has 0 aliphatic heterocycles. The lowest BCUT2D eigenvalue weighted by Crippen LogP contribution is -2.06. The monoisotopic (exact) mass is 492 g/mol. The van der Waals surface area contributed by atoms with Crippen LogP contribution in [0.2, 0.25) is 15.1 Å². The van der Waals surface area contributed by atoms with E-state index in [1.807, 2.05) is 43.3 Å². The second-order valence-electron chi connectivity index (χ2n) is 6.97.